The number of para-hydroxylation sites is 1. The fraction of sp³-hybridized carbons (Fsp3) is 0.579. The summed E-state index contributed by atoms with van der Waals surface area (Å²) >= 11 is 0. The first-order chi connectivity index (χ1) is 11.7. The molecule has 1 aromatic rings. The lowest BCUT2D eigenvalue weighted by molar-refractivity contribution is -0.129. The average molecular weight is 332 g/mol. The lowest BCUT2D eigenvalue weighted by Gasteiger charge is -2.16. The van der Waals surface area contributed by atoms with Gasteiger partial charge in [-0.1, -0.05) is 43.9 Å². The van der Waals surface area contributed by atoms with Crippen molar-refractivity contribution in [2.24, 2.45) is 0 Å². The molecule has 2 N–H and O–H groups in total. The molecule has 1 aromatic carbocycles. The molecule has 0 saturated heterocycles. The molecule has 5 nitrogen and oxygen atoms in total. The summed E-state index contributed by atoms with van der Waals surface area (Å²) in [7, 11) is 1.63. The Hall–Kier alpha value is -2.04. The molecule has 24 heavy (non-hydrogen) atoms. The molecule has 1 saturated carbocycles. The van der Waals surface area contributed by atoms with Crippen LogP contribution in [0.4, 0.5) is 0 Å². The Bertz CT molecular complexity index is 537. The summed E-state index contributed by atoms with van der Waals surface area (Å²) in [5, 5.41) is 5.80. The van der Waals surface area contributed by atoms with Crippen molar-refractivity contribution in [1.29, 1.82) is 0 Å². The number of benzene rings is 1. The van der Waals surface area contributed by atoms with Crippen LogP contribution in [0.25, 0.3) is 0 Å². The van der Waals surface area contributed by atoms with Crippen LogP contribution in [0.1, 0.15) is 50.5 Å². The summed E-state index contributed by atoms with van der Waals surface area (Å²) in [5.41, 5.74) is 1.04. The zero-order chi connectivity index (χ0) is 17.2. The van der Waals surface area contributed by atoms with E-state index in [-0.39, 0.29) is 24.3 Å². The SMILES string of the molecule is COc1ccccc1CCNC(=O)CC(=O)NC1CCCCCC1. The highest BCUT2D eigenvalue weighted by molar-refractivity contribution is 5.96. The number of carbonyl (C=O) groups is 2. The van der Waals surface area contributed by atoms with E-state index in [2.05, 4.69) is 10.6 Å². The fourth-order valence-electron chi connectivity index (χ4n) is 3.16. The van der Waals surface area contributed by atoms with Crippen LogP contribution >= 0.6 is 0 Å². The number of rotatable bonds is 7. The van der Waals surface area contributed by atoms with Crippen molar-refractivity contribution in [1.82, 2.24) is 10.6 Å². The van der Waals surface area contributed by atoms with Gasteiger partial charge in [-0.05, 0) is 30.9 Å². The maximum absolute atomic E-state index is 12.0. The second-order valence-electron chi connectivity index (χ2n) is 6.34. The van der Waals surface area contributed by atoms with E-state index in [9.17, 15) is 9.59 Å². The number of hydrogen-bond acceptors (Lipinski definition) is 3. The van der Waals surface area contributed by atoms with E-state index in [0.29, 0.717) is 13.0 Å². The van der Waals surface area contributed by atoms with Crippen molar-refractivity contribution in [3.05, 3.63) is 29.8 Å². The molecule has 1 aliphatic carbocycles. The van der Waals surface area contributed by atoms with Crippen LogP contribution in [-0.4, -0.2) is 31.5 Å². The van der Waals surface area contributed by atoms with Crippen LogP contribution in [0.5, 0.6) is 5.75 Å². The van der Waals surface area contributed by atoms with Gasteiger partial charge in [0.05, 0.1) is 7.11 Å². The molecule has 2 amide bonds. The standard InChI is InChI=1S/C19H28N2O3/c1-24-17-11-7-6-8-15(17)12-13-20-18(22)14-19(23)21-16-9-4-2-3-5-10-16/h6-8,11,16H,2-5,9-10,12-14H2,1H3,(H,20,22)(H,21,23). The number of carbonyl (C=O) groups excluding carboxylic acids is 2. The first-order valence-corrected chi connectivity index (χ1v) is 8.87. The third-order valence-corrected chi connectivity index (χ3v) is 4.45. The Morgan fingerprint density at radius 2 is 1.79 bits per heavy atom. The number of methoxy groups -OCH3 is 1. The van der Waals surface area contributed by atoms with Crippen LogP contribution in [0.15, 0.2) is 24.3 Å². The highest BCUT2D eigenvalue weighted by Crippen LogP contribution is 2.18. The molecule has 2 rings (SSSR count). The Kier molecular flexibility index (Phi) is 7.59. The van der Waals surface area contributed by atoms with Gasteiger partial charge in [-0.3, -0.25) is 9.59 Å². The van der Waals surface area contributed by atoms with E-state index >= 15 is 0 Å². The lowest BCUT2D eigenvalue weighted by Crippen LogP contribution is -2.38. The van der Waals surface area contributed by atoms with Gasteiger partial charge in [0, 0.05) is 12.6 Å². The monoisotopic (exact) mass is 332 g/mol. The van der Waals surface area contributed by atoms with E-state index in [4.69, 9.17) is 4.74 Å². The van der Waals surface area contributed by atoms with Crippen molar-refractivity contribution in [2.75, 3.05) is 13.7 Å². The predicted molar refractivity (Wildman–Crippen MR) is 94.0 cm³/mol. The molecule has 0 heterocycles. The van der Waals surface area contributed by atoms with Crippen LogP contribution in [0, 0.1) is 0 Å². The Morgan fingerprint density at radius 3 is 2.50 bits per heavy atom. The topological polar surface area (TPSA) is 67.4 Å². The second-order valence-corrected chi connectivity index (χ2v) is 6.34. The summed E-state index contributed by atoms with van der Waals surface area (Å²) < 4.78 is 5.29. The highest BCUT2D eigenvalue weighted by Gasteiger charge is 2.16. The van der Waals surface area contributed by atoms with E-state index in [0.717, 1.165) is 37.0 Å². The van der Waals surface area contributed by atoms with Gasteiger partial charge in [-0.2, -0.15) is 0 Å². The number of ether oxygens (including phenoxy) is 1. The quantitative estimate of drug-likeness (QED) is 0.596. The second kappa shape index (κ2) is 9.96. The van der Waals surface area contributed by atoms with Crippen LogP contribution in [-0.2, 0) is 16.0 Å². The van der Waals surface area contributed by atoms with Gasteiger partial charge >= 0.3 is 0 Å². The molecule has 1 aliphatic rings. The van der Waals surface area contributed by atoms with Crippen molar-refractivity contribution >= 4 is 11.8 Å². The lowest BCUT2D eigenvalue weighted by atomic mass is 10.1. The van der Waals surface area contributed by atoms with E-state index in [1.165, 1.54) is 12.8 Å². The minimum Gasteiger partial charge on any atom is -0.496 e. The van der Waals surface area contributed by atoms with Gasteiger partial charge in [-0.25, -0.2) is 0 Å². The maximum atomic E-state index is 12.0. The smallest absolute Gasteiger partial charge is 0.229 e. The molecular formula is C19H28N2O3. The minimum absolute atomic E-state index is 0.0948. The van der Waals surface area contributed by atoms with Crippen molar-refractivity contribution in [2.45, 2.75) is 57.4 Å². The minimum atomic E-state index is -0.226. The van der Waals surface area contributed by atoms with E-state index < -0.39 is 0 Å². The summed E-state index contributed by atoms with van der Waals surface area (Å²) in [6.45, 7) is 0.496. The highest BCUT2D eigenvalue weighted by atomic mass is 16.5. The first kappa shape index (κ1) is 18.3. The summed E-state index contributed by atoms with van der Waals surface area (Å²) in [6, 6.07) is 7.97. The summed E-state index contributed by atoms with van der Waals surface area (Å²) in [4.78, 5) is 23.9. The van der Waals surface area contributed by atoms with Gasteiger partial charge in [-0.15, -0.1) is 0 Å². The number of amides is 2. The third-order valence-electron chi connectivity index (χ3n) is 4.45. The molecule has 132 valence electrons. The molecule has 0 atom stereocenters. The van der Waals surface area contributed by atoms with Gasteiger partial charge in [0.1, 0.15) is 12.2 Å². The Balaban J connectivity index is 1.68. The average Bonchev–Trinajstić information content (AvgIpc) is 2.83. The molecule has 0 radical (unpaired) electrons. The Labute approximate surface area is 144 Å². The number of nitrogens with one attached hydrogen (secondary N) is 2. The van der Waals surface area contributed by atoms with Gasteiger partial charge < -0.3 is 15.4 Å². The molecule has 1 fully saturated rings. The van der Waals surface area contributed by atoms with Gasteiger partial charge in [0.25, 0.3) is 0 Å². The molecule has 5 heteroatoms. The summed E-state index contributed by atoms with van der Waals surface area (Å²) in [6.07, 6.45) is 7.46. The predicted octanol–water partition coefficient (Wildman–Crippen LogP) is 2.58. The van der Waals surface area contributed by atoms with Gasteiger partial charge in [0.2, 0.25) is 11.8 Å². The number of hydrogen-bond donors (Lipinski definition) is 2. The fourth-order valence-corrected chi connectivity index (χ4v) is 3.16. The van der Waals surface area contributed by atoms with Crippen LogP contribution in [0.3, 0.4) is 0 Å². The van der Waals surface area contributed by atoms with Crippen LogP contribution in [0.2, 0.25) is 0 Å². The van der Waals surface area contributed by atoms with Crippen molar-refractivity contribution < 1.29 is 14.3 Å². The van der Waals surface area contributed by atoms with Crippen molar-refractivity contribution in [3.8, 4) is 5.75 Å². The molecule has 0 bridgehead atoms. The largest absolute Gasteiger partial charge is 0.496 e. The van der Waals surface area contributed by atoms with E-state index in [1.807, 2.05) is 24.3 Å². The molecule has 0 aromatic heterocycles. The Morgan fingerprint density at radius 1 is 1.08 bits per heavy atom. The first-order valence-electron chi connectivity index (χ1n) is 8.87. The summed E-state index contributed by atoms with van der Waals surface area (Å²) in [5.74, 6) is 0.422. The molecule has 0 unspecified atom stereocenters. The normalized spacial score (nSPS) is 15.4. The zero-order valence-corrected chi connectivity index (χ0v) is 14.5. The molecular weight excluding hydrogens is 304 g/mol. The van der Waals surface area contributed by atoms with Crippen molar-refractivity contribution in [3.63, 3.8) is 0 Å². The zero-order valence-electron chi connectivity index (χ0n) is 14.5. The maximum Gasteiger partial charge on any atom is 0.229 e. The third kappa shape index (κ3) is 6.22. The molecule has 0 aliphatic heterocycles. The molecule has 0 spiro atoms. The van der Waals surface area contributed by atoms with E-state index in [1.54, 1.807) is 7.11 Å². The van der Waals surface area contributed by atoms with Crippen LogP contribution < -0.4 is 15.4 Å². The van der Waals surface area contributed by atoms with Gasteiger partial charge in [0.15, 0.2) is 0 Å².